The van der Waals surface area contributed by atoms with E-state index in [1.54, 1.807) is 12.1 Å². The molecule has 10 rings (SSSR count). The summed E-state index contributed by atoms with van der Waals surface area (Å²) < 4.78 is 85.0. The third-order valence-corrected chi connectivity index (χ3v) is 9.43. The maximum absolute atomic E-state index is 9.31. The van der Waals surface area contributed by atoms with Gasteiger partial charge in [-0.25, -0.2) is 0 Å². The fourth-order valence-corrected chi connectivity index (χ4v) is 7.34. The number of rotatable bonds is 4. The Morgan fingerprint density at radius 2 is 0.898 bits per heavy atom. The lowest BCUT2D eigenvalue weighted by Gasteiger charge is -2.20. The van der Waals surface area contributed by atoms with E-state index in [0.717, 1.165) is 70.9 Å². The molecule has 0 aliphatic carbocycles. The number of hydrogen-bond acceptors (Lipinski definition) is 1. The van der Waals surface area contributed by atoms with Crippen molar-refractivity contribution in [1.82, 2.24) is 0 Å². The number of hydrogen-bond donors (Lipinski definition) is 0. The minimum Gasteiger partial charge on any atom is -0.455 e. The zero-order chi connectivity index (χ0) is 40.1. The van der Waals surface area contributed by atoms with E-state index in [1.807, 2.05) is 60.7 Å². The van der Waals surface area contributed by atoms with Crippen molar-refractivity contribution >= 4 is 54.3 Å². The van der Waals surface area contributed by atoms with E-state index < -0.39 is 42.3 Å². The normalized spacial score (nSPS) is 14.2. The summed E-state index contributed by atoms with van der Waals surface area (Å²) in [5.41, 5.74) is 4.99. The molecule has 0 saturated carbocycles. The molecule has 10 aromatic rings. The van der Waals surface area contributed by atoms with Crippen LogP contribution in [0.1, 0.15) is 12.3 Å². The molecular weight excluding hydrogens is 593 g/mol. The summed E-state index contributed by atoms with van der Waals surface area (Å²) in [6, 6.07) is 37.5. The summed E-state index contributed by atoms with van der Waals surface area (Å²) in [5, 5.41) is 7.96. The van der Waals surface area contributed by atoms with Gasteiger partial charge in [0, 0.05) is 16.2 Å². The van der Waals surface area contributed by atoms with Gasteiger partial charge < -0.3 is 4.42 Å². The van der Waals surface area contributed by atoms with Crippen LogP contribution in [-0.4, -0.2) is 0 Å². The molecule has 228 valence electrons. The lowest BCUT2D eigenvalue weighted by Crippen LogP contribution is -1.93. The van der Waals surface area contributed by atoms with Crippen LogP contribution in [0.2, 0.25) is 0 Å². The Morgan fingerprint density at radius 3 is 1.59 bits per heavy atom. The van der Waals surface area contributed by atoms with Gasteiger partial charge in [-0.2, -0.15) is 0 Å². The monoisotopic (exact) mass is 631 g/mol. The van der Waals surface area contributed by atoms with Gasteiger partial charge in [0.15, 0.2) is 0 Å². The smallest absolute Gasteiger partial charge is 0.143 e. The highest BCUT2D eigenvalue weighted by Crippen LogP contribution is 2.48. The van der Waals surface area contributed by atoms with Gasteiger partial charge in [-0.15, -0.1) is 0 Å². The first kappa shape index (κ1) is 20.0. The summed E-state index contributed by atoms with van der Waals surface area (Å²) in [6.07, 6.45) is 0. The molecule has 0 bridgehead atoms. The first-order chi connectivity index (χ1) is 28.1. The standard InChI is InChI=1S/C48H30O/c1-2-13-31(14-3-1)32-25-27-34(28-26-32)35-16-6-7-18-37(35)45-38-19-8-10-21-40(38)46(41-22-11-9-20-39(41)45)42-23-12-24-44-47(42)43-30-29-33-15-4-5-17-36(33)48(43)49-44/h1-30H/i1D,2D,3D,13D,14D,25D,26D,27D,28D. The zero-order valence-electron chi connectivity index (χ0n) is 35.0. The van der Waals surface area contributed by atoms with E-state index in [9.17, 15) is 2.74 Å². The van der Waals surface area contributed by atoms with Crippen LogP contribution >= 0.6 is 0 Å². The molecule has 0 radical (unpaired) electrons. The number of benzene rings is 9. The van der Waals surface area contributed by atoms with Crippen LogP contribution in [0.4, 0.5) is 0 Å². The van der Waals surface area contributed by atoms with Crippen LogP contribution in [0.15, 0.2) is 186 Å². The van der Waals surface area contributed by atoms with Gasteiger partial charge >= 0.3 is 0 Å². The van der Waals surface area contributed by atoms with Crippen molar-refractivity contribution in [2.75, 3.05) is 0 Å². The molecule has 0 N–H and O–H groups in total. The van der Waals surface area contributed by atoms with Crippen molar-refractivity contribution in [3.05, 3.63) is 182 Å². The minimum atomic E-state index is -0.616. The maximum atomic E-state index is 9.31. The average Bonchev–Trinajstić information content (AvgIpc) is 3.65. The Labute approximate surface area is 297 Å². The van der Waals surface area contributed by atoms with Crippen LogP contribution < -0.4 is 0 Å². The molecule has 49 heavy (non-hydrogen) atoms. The molecule has 0 aliphatic heterocycles. The van der Waals surface area contributed by atoms with Crippen molar-refractivity contribution in [3.63, 3.8) is 0 Å². The van der Waals surface area contributed by atoms with Gasteiger partial charge in [0.2, 0.25) is 0 Å². The summed E-state index contributed by atoms with van der Waals surface area (Å²) in [6.45, 7) is 0. The van der Waals surface area contributed by atoms with Gasteiger partial charge in [0.1, 0.15) is 11.2 Å². The predicted molar refractivity (Wildman–Crippen MR) is 208 cm³/mol. The average molecular weight is 632 g/mol. The van der Waals surface area contributed by atoms with Gasteiger partial charge in [-0.3, -0.25) is 0 Å². The van der Waals surface area contributed by atoms with Crippen molar-refractivity contribution in [3.8, 4) is 44.5 Å². The van der Waals surface area contributed by atoms with Crippen LogP contribution in [0.5, 0.6) is 0 Å². The van der Waals surface area contributed by atoms with Gasteiger partial charge in [0.05, 0.1) is 12.3 Å². The lowest BCUT2D eigenvalue weighted by molar-refractivity contribution is 0.673. The molecule has 0 fully saturated rings. The highest BCUT2D eigenvalue weighted by Gasteiger charge is 2.22. The molecule has 1 aromatic heterocycles. The largest absolute Gasteiger partial charge is 0.455 e. The molecule has 0 amide bonds. The van der Waals surface area contributed by atoms with E-state index in [2.05, 4.69) is 54.6 Å². The molecular formula is C48H30O. The van der Waals surface area contributed by atoms with E-state index in [4.69, 9.17) is 14.0 Å². The molecule has 1 heteroatoms. The first-order valence-electron chi connectivity index (χ1n) is 20.6. The van der Waals surface area contributed by atoms with E-state index in [1.165, 1.54) is 0 Å². The van der Waals surface area contributed by atoms with Crippen LogP contribution in [0, 0.1) is 0 Å². The molecule has 0 atom stereocenters. The summed E-state index contributed by atoms with van der Waals surface area (Å²) >= 11 is 0. The van der Waals surface area contributed by atoms with Crippen molar-refractivity contribution < 1.29 is 16.8 Å². The molecule has 0 saturated heterocycles. The van der Waals surface area contributed by atoms with E-state index in [0.29, 0.717) is 11.1 Å². The summed E-state index contributed by atoms with van der Waals surface area (Å²) in [4.78, 5) is 0. The third-order valence-electron chi connectivity index (χ3n) is 9.43. The Kier molecular flexibility index (Phi) is 4.53. The van der Waals surface area contributed by atoms with Crippen LogP contribution in [0.25, 0.3) is 98.8 Å². The second-order valence-corrected chi connectivity index (χ2v) is 12.1. The third kappa shape index (κ3) is 4.33. The number of fused-ring (bicyclic) bond motifs is 7. The summed E-state index contributed by atoms with van der Waals surface area (Å²) in [7, 11) is 0. The van der Waals surface area contributed by atoms with E-state index in [-0.39, 0.29) is 28.8 Å². The Hall–Kier alpha value is -6.44. The first-order valence-corrected chi connectivity index (χ1v) is 16.1. The quantitative estimate of drug-likeness (QED) is 0.176. The van der Waals surface area contributed by atoms with Crippen molar-refractivity contribution in [2.24, 2.45) is 0 Å². The van der Waals surface area contributed by atoms with Gasteiger partial charge in [0.25, 0.3) is 0 Å². The SMILES string of the molecule is [2H]c1c([2H])c([2H])c(-c2c([2H])c([2H])c(-c3ccccc3-c3c4ccccc4c(-c4cccc5oc6c7ccccc7ccc6c45)c4ccccc34)c([2H])c2[2H])c([2H])c1[2H]. The highest BCUT2D eigenvalue weighted by atomic mass is 16.3. The molecule has 1 heterocycles. The molecule has 0 aliphatic rings. The van der Waals surface area contributed by atoms with Gasteiger partial charge in [-0.05, 0) is 83.6 Å². The second kappa shape index (κ2) is 11.1. The van der Waals surface area contributed by atoms with Crippen molar-refractivity contribution in [1.29, 1.82) is 0 Å². The predicted octanol–water partition coefficient (Wildman–Crippen LogP) is 13.7. The Balaban J connectivity index is 1.26. The topological polar surface area (TPSA) is 13.1 Å². The minimum absolute atomic E-state index is 0.0424. The highest BCUT2D eigenvalue weighted by molar-refractivity contribution is 6.27. The lowest BCUT2D eigenvalue weighted by atomic mass is 9.83. The summed E-state index contributed by atoms with van der Waals surface area (Å²) in [5.74, 6) is 0. The van der Waals surface area contributed by atoms with Crippen molar-refractivity contribution in [2.45, 2.75) is 0 Å². The fraction of sp³-hybridized carbons (Fsp3) is 0. The maximum Gasteiger partial charge on any atom is 0.143 e. The van der Waals surface area contributed by atoms with Crippen LogP contribution in [0.3, 0.4) is 0 Å². The molecule has 0 unspecified atom stereocenters. The Morgan fingerprint density at radius 1 is 0.367 bits per heavy atom. The fourth-order valence-electron chi connectivity index (χ4n) is 7.34. The Bertz CT molecular complexity index is 3290. The number of furan rings is 1. The van der Waals surface area contributed by atoms with Gasteiger partial charge in [-0.1, -0.05) is 170 Å². The van der Waals surface area contributed by atoms with E-state index >= 15 is 0 Å². The zero-order valence-corrected chi connectivity index (χ0v) is 26.0. The molecule has 0 spiro atoms. The molecule has 1 nitrogen and oxygen atoms in total. The van der Waals surface area contributed by atoms with Crippen LogP contribution in [-0.2, 0) is 0 Å². The second-order valence-electron chi connectivity index (χ2n) is 12.1. The molecule has 9 aromatic carbocycles.